The summed E-state index contributed by atoms with van der Waals surface area (Å²) < 4.78 is 0. The molecule has 3 heteroatoms. The van der Waals surface area contributed by atoms with E-state index in [1.807, 2.05) is 6.07 Å². The SMILES string of the molecule is Cc1cc(N2CCC(C)CC2)nc2cc(O)ccc12. The Morgan fingerprint density at radius 2 is 1.95 bits per heavy atom. The van der Waals surface area contributed by atoms with Crippen molar-refractivity contribution in [2.75, 3.05) is 18.0 Å². The van der Waals surface area contributed by atoms with Crippen LogP contribution in [0.15, 0.2) is 24.3 Å². The van der Waals surface area contributed by atoms with Crippen LogP contribution in [-0.4, -0.2) is 23.2 Å². The molecule has 0 radical (unpaired) electrons. The number of benzene rings is 1. The molecule has 0 bridgehead atoms. The molecule has 1 aromatic heterocycles. The van der Waals surface area contributed by atoms with E-state index in [1.165, 1.54) is 18.4 Å². The Hall–Kier alpha value is -1.77. The first-order chi connectivity index (χ1) is 9.13. The molecule has 3 rings (SSSR count). The highest BCUT2D eigenvalue weighted by atomic mass is 16.3. The Bertz CT molecular complexity index is 601. The standard InChI is InChI=1S/C16H20N2O/c1-11-5-7-18(8-6-11)16-9-12(2)14-4-3-13(19)10-15(14)17-16/h3-4,9-11,19H,5-8H2,1-2H3. The highest BCUT2D eigenvalue weighted by Crippen LogP contribution is 2.27. The van der Waals surface area contributed by atoms with Crippen LogP contribution in [0.4, 0.5) is 5.82 Å². The van der Waals surface area contributed by atoms with Gasteiger partial charge in [0.1, 0.15) is 11.6 Å². The van der Waals surface area contributed by atoms with E-state index in [0.29, 0.717) is 0 Å². The smallest absolute Gasteiger partial charge is 0.129 e. The van der Waals surface area contributed by atoms with Crippen LogP contribution in [-0.2, 0) is 0 Å². The summed E-state index contributed by atoms with van der Waals surface area (Å²) in [4.78, 5) is 7.07. The number of nitrogens with zero attached hydrogens (tertiary/aromatic N) is 2. The molecule has 19 heavy (non-hydrogen) atoms. The first-order valence-corrected chi connectivity index (χ1v) is 6.99. The van der Waals surface area contributed by atoms with Crippen LogP contribution in [0.2, 0.25) is 0 Å². The highest BCUT2D eigenvalue weighted by molar-refractivity contribution is 5.85. The summed E-state index contributed by atoms with van der Waals surface area (Å²) in [5.41, 5.74) is 2.10. The molecule has 1 aromatic carbocycles. The summed E-state index contributed by atoms with van der Waals surface area (Å²) in [7, 11) is 0. The van der Waals surface area contributed by atoms with Crippen molar-refractivity contribution in [3.8, 4) is 5.75 Å². The Kier molecular flexibility index (Phi) is 3.05. The predicted molar refractivity (Wildman–Crippen MR) is 78.8 cm³/mol. The molecule has 1 saturated heterocycles. The van der Waals surface area contributed by atoms with Gasteiger partial charge in [-0.2, -0.15) is 0 Å². The van der Waals surface area contributed by atoms with Gasteiger partial charge in [-0.15, -0.1) is 0 Å². The molecule has 0 spiro atoms. The van der Waals surface area contributed by atoms with E-state index < -0.39 is 0 Å². The number of aromatic nitrogens is 1. The molecule has 3 nitrogen and oxygen atoms in total. The fourth-order valence-electron chi connectivity index (χ4n) is 2.77. The van der Waals surface area contributed by atoms with Crippen molar-refractivity contribution in [1.29, 1.82) is 0 Å². The van der Waals surface area contributed by atoms with E-state index in [1.54, 1.807) is 12.1 Å². The number of piperidine rings is 1. The van der Waals surface area contributed by atoms with Crippen LogP contribution in [0, 0.1) is 12.8 Å². The average Bonchev–Trinajstić information content (AvgIpc) is 2.38. The van der Waals surface area contributed by atoms with Crippen LogP contribution in [0.25, 0.3) is 10.9 Å². The van der Waals surface area contributed by atoms with Crippen molar-refractivity contribution in [2.45, 2.75) is 26.7 Å². The number of aryl methyl sites for hydroxylation is 1. The van der Waals surface area contributed by atoms with E-state index in [0.717, 1.165) is 35.7 Å². The number of aromatic hydroxyl groups is 1. The van der Waals surface area contributed by atoms with Crippen LogP contribution in [0.5, 0.6) is 5.75 Å². The Labute approximate surface area is 113 Å². The van der Waals surface area contributed by atoms with Crippen LogP contribution < -0.4 is 4.90 Å². The second-order valence-corrected chi connectivity index (χ2v) is 5.67. The van der Waals surface area contributed by atoms with Gasteiger partial charge in [0, 0.05) is 24.5 Å². The minimum absolute atomic E-state index is 0.281. The van der Waals surface area contributed by atoms with Crippen molar-refractivity contribution in [1.82, 2.24) is 4.98 Å². The third-order valence-electron chi connectivity index (χ3n) is 4.09. The van der Waals surface area contributed by atoms with Crippen LogP contribution in [0.3, 0.4) is 0 Å². The van der Waals surface area contributed by atoms with Crippen molar-refractivity contribution >= 4 is 16.7 Å². The molecule has 2 heterocycles. The van der Waals surface area contributed by atoms with Crippen molar-refractivity contribution in [3.05, 3.63) is 29.8 Å². The second kappa shape index (κ2) is 4.72. The maximum atomic E-state index is 9.60. The number of fused-ring (bicyclic) bond motifs is 1. The van der Waals surface area contributed by atoms with Gasteiger partial charge in [-0.25, -0.2) is 4.98 Å². The summed E-state index contributed by atoms with van der Waals surface area (Å²) in [5.74, 6) is 2.15. The average molecular weight is 256 g/mol. The zero-order valence-electron chi connectivity index (χ0n) is 11.6. The van der Waals surface area contributed by atoms with Gasteiger partial charge in [-0.1, -0.05) is 6.92 Å². The Morgan fingerprint density at radius 1 is 1.21 bits per heavy atom. The van der Waals surface area contributed by atoms with Crippen molar-refractivity contribution in [3.63, 3.8) is 0 Å². The normalized spacial score (nSPS) is 17.1. The zero-order chi connectivity index (χ0) is 13.4. The highest BCUT2D eigenvalue weighted by Gasteiger charge is 2.17. The molecule has 0 saturated carbocycles. The minimum atomic E-state index is 0.281. The molecule has 100 valence electrons. The van der Waals surface area contributed by atoms with Gasteiger partial charge in [-0.3, -0.25) is 0 Å². The number of phenolic OH excluding ortho intramolecular Hbond substituents is 1. The molecule has 1 N–H and O–H groups in total. The lowest BCUT2D eigenvalue weighted by molar-refractivity contribution is 0.437. The van der Waals surface area contributed by atoms with Gasteiger partial charge in [0.25, 0.3) is 0 Å². The number of rotatable bonds is 1. The summed E-state index contributed by atoms with van der Waals surface area (Å²) in [6.45, 7) is 6.58. The minimum Gasteiger partial charge on any atom is -0.508 e. The Balaban J connectivity index is 2.00. The van der Waals surface area contributed by atoms with Crippen molar-refractivity contribution in [2.24, 2.45) is 5.92 Å². The fraction of sp³-hybridized carbons (Fsp3) is 0.438. The first kappa shape index (κ1) is 12.3. The zero-order valence-corrected chi connectivity index (χ0v) is 11.6. The third kappa shape index (κ3) is 2.37. The second-order valence-electron chi connectivity index (χ2n) is 5.67. The lowest BCUT2D eigenvalue weighted by atomic mass is 9.99. The molecule has 1 aliphatic heterocycles. The largest absolute Gasteiger partial charge is 0.508 e. The van der Waals surface area contributed by atoms with Gasteiger partial charge in [0.05, 0.1) is 5.52 Å². The van der Waals surface area contributed by atoms with E-state index in [2.05, 4.69) is 24.8 Å². The quantitative estimate of drug-likeness (QED) is 0.848. The van der Waals surface area contributed by atoms with Gasteiger partial charge in [0.15, 0.2) is 0 Å². The number of anilines is 1. The first-order valence-electron chi connectivity index (χ1n) is 6.99. The molecular formula is C16H20N2O. The molecular weight excluding hydrogens is 236 g/mol. The van der Waals surface area contributed by atoms with Crippen LogP contribution >= 0.6 is 0 Å². The summed E-state index contributed by atoms with van der Waals surface area (Å²) in [6, 6.07) is 7.57. The summed E-state index contributed by atoms with van der Waals surface area (Å²) in [6.07, 6.45) is 2.47. The maximum Gasteiger partial charge on any atom is 0.129 e. The number of pyridine rings is 1. The molecule has 0 amide bonds. The van der Waals surface area contributed by atoms with Gasteiger partial charge >= 0.3 is 0 Å². The molecule has 0 aliphatic carbocycles. The van der Waals surface area contributed by atoms with Gasteiger partial charge in [0.2, 0.25) is 0 Å². The van der Waals surface area contributed by atoms with E-state index in [4.69, 9.17) is 4.98 Å². The maximum absolute atomic E-state index is 9.60. The number of phenols is 1. The van der Waals surface area contributed by atoms with Gasteiger partial charge < -0.3 is 10.0 Å². The molecule has 1 fully saturated rings. The van der Waals surface area contributed by atoms with Gasteiger partial charge in [-0.05, 0) is 49.4 Å². The van der Waals surface area contributed by atoms with Crippen LogP contribution in [0.1, 0.15) is 25.3 Å². The molecule has 1 aliphatic rings. The summed E-state index contributed by atoms with van der Waals surface area (Å²) in [5, 5.41) is 10.7. The third-order valence-corrected chi connectivity index (χ3v) is 4.09. The number of hydrogen-bond donors (Lipinski definition) is 1. The molecule has 2 aromatic rings. The number of hydrogen-bond acceptors (Lipinski definition) is 3. The predicted octanol–water partition coefficient (Wildman–Crippen LogP) is 3.49. The van der Waals surface area contributed by atoms with Crippen molar-refractivity contribution < 1.29 is 5.11 Å². The van der Waals surface area contributed by atoms with E-state index in [-0.39, 0.29) is 5.75 Å². The molecule has 0 unspecified atom stereocenters. The monoisotopic (exact) mass is 256 g/mol. The summed E-state index contributed by atoms with van der Waals surface area (Å²) >= 11 is 0. The lowest BCUT2D eigenvalue weighted by Crippen LogP contribution is -2.33. The Morgan fingerprint density at radius 3 is 2.68 bits per heavy atom. The lowest BCUT2D eigenvalue weighted by Gasteiger charge is -2.31. The molecule has 0 atom stereocenters. The fourth-order valence-corrected chi connectivity index (χ4v) is 2.77. The van der Waals surface area contributed by atoms with E-state index >= 15 is 0 Å². The topological polar surface area (TPSA) is 36.4 Å². The van der Waals surface area contributed by atoms with E-state index in [9.17, 15) is 5.11 Å².